The third-order valence-corrected chi connectivity index (χ3v) is 25.1. The van der Waals surface area contributed by atoms with Gasteiger partial charge in [0.25, 0.3) is 5.91 Å². The lowest BCUT2D eigenvalue weighted by molar-refractivity contribution is -0.149. The Morgan fingerprint density at radius 2 is 0.825 bits per heavy atom. The standard InChI is InChI=1S/C25H25NO5S2.C21H22BrNO5S.C18H20N2O5S2.C4H5BO2S/c1-25(33(2,28)29,24(27)30-16-18-6-4-3-5-7-18)15-22-14-23(26-31-22)20-10-8-19(9-11-20)21-12-13-32-17-21;1-21(29(2,25)26,20(24)27-14-15-6-4-3-5-7-15)13-18-12-19(23-28-18)16-8-10-17(22)11-9-16;1-18(17(21)19-22,27(2,23)24)10-15-9-16(20-25-15)13-5-3-12(4-6-13)14-7-8-26-11-14;6-5(7)4-1-2-8-3-4/h3-13,17,22H,14-16H2,1-2H3;3-11,18H,12-14H2,1-2H3;3-8,11,15,22H,9-10H2,1-2H3,(H,19,21);1-3,6-7H/t22-,25-;18-,21-;15-,18-;/m111./s1. The Balaban J connectivity index is 0.000000176. The molecular formula is C68H72BBrN4O17S6. The Bertz CT molecular complexity index is 4380. The molecule has 3 aliphatic heterocycles. The minimum Gasteiger partial charge on any atom is -0.460 e. The first-order valence-corrected chi connectivity index (χ1v) is 39.3. The molecule has 3 aliphatic rings. The molecule has 0 bridgehead atoms. The summed E-state index contributed by atoms with van der Waals surface area (Å²) in [7, 11) is -12.6. The van der Waals surface area contributed by atoms with Crippen molar-refractivity contribution in [2.45, 2.75) is 105 Å². The largest absolute Gasteiger partial charge is 0.489 e. The van der Waals surface area contributed by atoms with Crippen molar-refractivity contribution in [2.24, 2.45) is 15.5 Å². The Hall–Kier alpha value is -7.71. The summed E-state index contributed by atoms with van der Waals surface area (Å²) >= 11 is 8.11. The molecule has 1 amide bonds. The lowest BCUT2D eigenvalue weighted by atomic mass is 9.83. The fourth-order valence-corrected chi connectivity index (χ4v) is 15.0. The number of ether oxygens (including phenoxy) is 2. The third-order valence-electron chi connectivity index (χ3n) is 16.5. The van der Waals surface area contributed by atoms with E-state index in [1.54, 1.807) is 39.5 Å². The number of benzene rings is 5. The van der Waals surface area contributed by atoms with E-state index in [9.17, 15) is 39.6 Å². The first-order valence-electron chi connectivity index (χ1n) is 30.0. The number of thiophene rings is 3. The first-order chi connectivity index (χ1) is 46.0. The molecular weight excluding hydrogens is 1430 g/mol. The molecule has 29 heteroatoms. The number of hydroxylamine groups is 1. The molecule has 5 aromatic carbocycles. The zero-order chi connectivity index (χ0) is 70.2. The second kappa shape index (κ2) is 33.2. The number of carbonyl (C=O) groups is 3. The summed E-state index contributed by atoms with van der Waals surface area (Å²) in [6, 6.07) is 47.5. The van der Waals surface area contributed by atoms with Crippen LogP contribution < -0.4 is 10.9 Å². The average molecular weight is 1500 g/mol. The number of amides is 1. The summed E-state index contributed by atoms with van der Waals surface area (Å²) in [4.78, 5) is 54.0. The summed E-state index contributed by atoms with van der Waals surface area (Å²) in [6.07, 6.45) is 2.42. The van der Waals surface area contributed by atoms with E-state index < -0.39 is 87.0 Å². The zero-order valence-corrected chi connectivity index (χ0v) is 60.1. The van der Waals surface area contributed by atoms with Crippen molar-refractivity contribution in [1.29, 1.82) is 0 Å². The van der Waals surface area contributed by atoms with Gasteiger partial charge in [0.15, 0.2) is 43.8 Å². The molecule has 6 atom stereocenters. The molecule has 21 nitrogen and oxygen atoms in total. The molecule has 0 saturated heterocycles. The molecule has 0 fully saturated rings. The number of oxime groups is 3. The van der Waals surface area contributed by atoms with Crippen molar-refractivity contribution in [3.63, 3.8) is 0 Å². The summed E-state index contributed by atoms with van der Waals surface area (Å²) in [5.41, 5.74) is 12.9. The second-order valence-corrected chi connectivity index (χ2v) is 34.3. The van der Waals surface area contributed by atoms with Crippen molar-refractivity contribution < 1.29 is 78.9 Å². The van der Waals surface area contributed by atoms with Gasteiger partial charge in [0.1, 0.15) is 31.5 Å². The summed E-state index contributed by atoms with van der Waals surface area (Å²) in [5, 5.41) is 49.9. The number of nitrogens with zero attached hydrogens (tertiary/aromatic N) is 3. The van der Waals surface area contributed by atoms with Crippen LogP contribution in [0.15, 0.2) is 204 Å². The van der Waals surface area contributed by atoms with Gasteiger partial charge in [0.2, 0.25) is 0 Å². The molecule has 6 heterocycles. The van der Waals surface area contributed by atoms with Crippen LogP contribution in [0.3, 0.4) is 0 Å². The number of hydrogen-bond donors (Lipinski definition) is 4. The minimum absolute atomic E-state index is 0.00847. The van der Waals surface area contributed by atoms with E-state index in [0.717, 1.165) is 84.7 Å². The lowest BCUT2D eigenvalue weighted by Crippen LogP contribution is -2.51. The molecule has 3 aromatic heterocycles. The van der Waals surface area contributed by atoms with Gasteiger partial charge in [-0.1, -0.05) is 159 Å². The molecule has 0 saturated carbocycles. The fourth-order valence-electron chi connectivity index (χ4n) is 10.1. The second-order valence-electron chi connectivity index (χ2n) is 23.7. The fraction of sp³-hybridized carbons (Fsp3) is 0.294. The molecule has 0 radical (unpaired) electrons. The monoisotopic (exact) mass is 1500 g/mol. The Kier molecular flexibility index (Phi) is 25.7. The quantitative estimate of drug-likeness (QED) is 0.0212. The van der Waals surface area contributed by atoms with E-state index in [4.69, 9.17) is 39.2 Å². The first kappa shape index (κ1) is 75.1. The van der Waals surface area contributed by atoms with Crippen molar-refractivity contribution in [3.8, 4) is 22.3 Å². The Labute approximate surface area is 584 Å². The highest BCUT2D eigenvalue weighted by molar-refractivity contribution is 9.10. The van der Waals surface area contributed by atoms with Gasteiger partial charge in [-0.05, 0) is 133 Å². The highest BCUT2D eigenvalue weighted by Gasteiger charge is 2.50. The van der Waals surface area contributed by atoms with Gasteiger partial charge in [0, 0.05) is 61.8 Å². The van der Waals surface area contributed by atoms with E-state index in [0.29, 0.717) is 30.4 Å². The van der Waals surface area contributed by atoms with Gasteiger partial charge < -0.3 is 34.0 Å². The number of nitrogens with one attached hydrogen (secondary N) is 1. The lowest BCUT2D eigenvalue weighted by Gasteiger charge is -2.27. The van der Waals surface area contributed by atoms with Crippen molar-refractivity contribution >= 4 is 127 Å². The van der Waals surface area contributed by atoms with Crippen molar-refractivity contribution in [3.05, 3.63) is 216 Å². The van der Waals surface area contributed by atoms with Gasteiger partial charge in [-0.15, -0.1) is 0 Å². The summed E-state index contributed by atoms with van der Waals surface area (Å²) in [5.74, 6) is -2.56. The van der Waals surface area contributed by atoms with E-state index in [1.165, 1.54) is 37.6 Å². The zero-order valence-electron chi connectivity index (χ0n) is 53.6. The molecule has 0 unspecified atom stereocenters. The van der Waals surface area contributed by atoms with Crippen LogP contribution in [0, 0.1) is 0 Å². The van der Waals surface area contributed by atoms with Crippen LogP contribution in [0.4, 0.5) is 0 Å². The Morgan fingerprint density at radius 1 is 0.495 bits per heavy atom. The molecule has 0 spiro atoms. The van der Waals surface area contributed by atoms with Gasteiger partial charge in [-0.3, -0.25) is 19.6 Å². The van der Waals surface area contributed by atoms with Crippen LogP contribution in [0.1, 0.15) is 87.1 Å². The predicted molar refractivity (Wildman–Crippen MR) is 382 cm³/mol. The number of esters is 2. The third kappa shape index (κ3) is 19.8. The topological polar surface area (TPSA) is 310 Å². The average Bonchev–Trinajstić information content (AvgIpc) is 1.57. The van der Waals surface area contributed by atoms with Crippen LogP contribution in [0.5, 0.6) is 0 Å². The van der Waals surface area contributed by atoms with Crippen LogP contribution in [0.2, 0.25) is 0 Å². The molecule has 4 N–H and O–H groups in total. The molecule has 0 aliphatic carbocycles. The summed E-state index contributed by atoms with van der Waals surface area (Å²) < 4.78 is 80.7. The van der Waals surface area contributed by atoms with Crippen LogP contribution in [-0.4, -0.2) is 134 Å². The molecule has 512 valence electrons. The van der Waals surface area contributed by atoms with Gasteiger partial charge in [-0.25, -0.2) is 30.7 Å². The minimum atomic E-state index is -3.78. The van der Waals surface area contributed by atoms with E-state index in [1.807, 2.05) is 150 Å². The highest BCUT2D eigenvalue weighted by Crippen LogP contribution is 2.35. The SMILES string of the molecule is C[C@@](C[C@H]1CC(c2ccc(-c3ccsc3)cc2)=NO1)(C(=O)NO)S(C)(=O)=O.C[C@@](C[C@H]1CC(c2ccc(-c3ccsc3)cc2)=NO1)(C(=O)OCc1ccccc1)S(C)(=O)=O.C[C@@](C[C@H]1CC(c2ccc(Br)cc2)=NO1)(C(=O)OCc1ccccc1)S(C)(=O)=O.OB(O)c1ccsc1. The molecule has 97 heavy (non-hydrogen) atoms. The number of rotatable bonds is 22. The van der Waals surface area contributed by atoms with Crippen LogP contribution in [0.25, 0.3) is 22.3 Å². The summed E-state index contributed by atoms with van der Waals surface area (Å²) in [6.45, 7) is 4.07. The van der Waals surface area contributed by atoms with Crippen LogP contribution in [-0.2, 0) is 81.1 Å². The van der Waals surface area contributed by atoms with Gasteiger partial charge in [-0.2, -0.15) is 34.0 Å². The number of sulfone groups is 3. The van der Waals surface area contributed by atoms with E-state index >= 15 is 0 Å². The maximum Gasteiger partial charge on any atom is 0.489 e. The maximum absolute atomic E-state index is 12.9. The van der Waals surface area contributed by atoms with Crippen molar-refractivity contribution in [2.75, 3.05) is 18.8 Å². The van der Waals surface area contributed by atoms with E-state index in [-0.39, 0.29) is 32.5 Å². The van der Waals surface area contributed by atoms with Crippen LogP contribution >= 0.6 is 49.9 Å². The highest BCUT2D eigenvalue weighted by atomic mass is 79.9. The predicted octanol–water partition coefficient (Wildman–Crippen LogP) is 10.8. The van der Waals surface area contributed by atoms with Gasteiger partial charge >= 0.3 is 19.1 Å². The molecule has 11 rings (SSSR count). The normalized spacial score (nSPS) is 17.6. The molecule has 8 aromatic rings. The number of hydrogen-bond acceptors (Lipinski definition) is 23. The van der Waals surface area contributed by atoms with Crippen molar-refractivity contribution in [1.82, 2.24) is 5.48 Å². The number of halogens is 1. The smallest absolute Gasteiger partial charge is 0.460 e. The Morgan fingerprint density at radius 3 is 1.12 bits per heavy atom. The maximum atomic E-state index is 12.9. The number of carbonyl (C=O) groups excluding carboxylic acids is 3. The van der Waals surface area contributed by atoms with Gasteiger partial charge in [0.05, 0.1) is 17.1 Å². The van der Waals surface area contributed by atoms with E-state index in [2.05, 4.69) is 48.2 Å².